The third-order valence-corrected chi connectivity index (χ3v) is 3.47. The van der Waals surface area contributed by atoms with Gasteiger partial charge in [-0.2, -0.15) is 0 Å². The highest BCUT2D eigenvalue weighted by Crippen LogP contribution is 2.31. The van der Waals surface area contributed by atoms with Crippen LogP contribution in [0.4, 0.5) is 4.39 Å². The van der Waals surface area contributed by atoms with E-state index in [1.165, 1.54) is 19.9 Å². The van der Waals surface area contributed by atoms with E-state index in [2.05, 4.69) is 0 Å². The number of carboxylic acids is 1. The molecule has 0 spiro atoms. The molecule has 0 fully saturated rings. The number of hydrogen-bond acceptors (Lipinski definition) is 3. The smallest absolute Gasteiger partial charge is 0.309 e. The summed E-state index contributed by atoms with van der Waals surface area (Å²) in [6.07, 6.45) is 0.983. The lowest BCUT2D eigenvalue weighted by atomic mass is 9.85. The van der Waals surface area contributed by atoms with Crippen molar-refractivity contribution in [2.24, 2.45) is 5.41 Å². The lowest BCUT2D eigenvalue weighted by molar-refractivity contribution is -0.146. The number of halogens is 1. The summed E-state index contributed by atoms with van der Waals surface area (Å²) in [7, 11) is 0. The second-order valence-corrected chi connectivity index (χ2v) is 5.68. The summed E-state index contributed by atoms with van der Waals surface area (Å²) in [5.74, 6) is -1.34. The van der Waals surface area contributed by atoms with Gasteiger partial charge in [-0.1, -0.05) is 0 Å². The predicted octanol–water partition coefficient (Wildman–Crippen LogP) is 2.83. The molecule has 1 aromatic rings. The maximum Gasteiger partial charge on any atom is 0.309 e. The van der Waals surface area contributed by atoms with Crippen molar-refractivity contribution in [2.75, 3.05) is 6.61 Å². The van der Waals surface area contributed by atoms with Crippen LogP contribution in [0.25, 0.3) is 0 Å². The number of ether oxygens (including phenoxy) is 1. The van der Waals surface area contributed by atoms with Crippen molar-refractivity contribution in [3.05, 3.63) is 29.1 Å². The first kappa shape index (κ1) is 14.5. The minimum Gasteiger partial charge on any atom is -0.493 e. The summed E-state index contributed by atoms with van der Waals surface area (Å²) >= 11 is 0. The lowest BCUT2D eigenvalue weighted by Gasteiger charge is -2.20. The Kier molecular flexibility index (Phi) is 3.79. The predicted molar refractivity (Wildman–Crippen MR) is 70.6 cm³/mol. The van der Waals surface area contributed by atoms with E-state index in [0.717, 1.165) is 6.07 Å². The van der Waals surface area contributed by atoms with Crippen LogP contribution in [-0.2, 0) is 11.2 Å². The molecule has 20 heavy (non-hydrogen) atoms. The Balaban J connectivity index is 2.39. The van der Waals surface area contributed by atoms with Crippen LogP contribution < -0.4 is 4.74 Å². The van der Waals surface area contributed by atoms with Crippen LogP contribution in [-0.4, -0.2) is 23.5 Å². The number of benzene rings is 1. The van der Waals surface area contributed by atoms with Gasteiger partial charge in [0.1, 0.15) is 11.6 Å². The van der Waals surface area contributed by atoms with E-state index < -0.39 is 17.2 Å². The normalized spacial score (nSPS) is 15.2. The number of carbonyl (C=O) groups is 2. The molecule has 0 aromatic heterocycles. The molecule has 0 aliphatic carbocycles. The van der Waals surface area contributed by atoms with Crippen LogP contribution in [0, 0.1) is 11.2 Å². The van der Waals surface area contributed by atoms with Gasteiger partial charge >= 0.3 is 5.97 Å². The van der Waals surface area contributed by atoms with Crippen LogP contribution in [0.2, 0.25) is 0 Å². The molecule has 0 amide bonds. The van der Waals surface area contributed by atoms with E-state index in [-0.39, 0.29) is 23.3 Å². The van der Waals surface area contributed by atoms with E-state index in [9.17, 15) is 14.0 Å². The fourth-order valence-electron chi connectivity index (χ4n) is 2.17. The molecule has 1 aromatic carbocycles. The molecule has 1 aliphatic rings. The van der Waals surface area contributed by atoms with Crippen molar-refractivity contribution in [3.8, 4) is 5.75 Å². The Morgan fingerprint density at radius 1 is 1.45 bits per heavy atom. The second-order valence-electron chi connectivity index (χ2n) is 5.68. The fraction of sp³-hybridized carbons (Fsp3) is 0.467. The Hall–Kier alpha value is -1.91. The topological polar surface area (TPSA) is 63.6 Å². The largest absolute Gasteiger partial charge is 0.493 e. The van der Waals surface area contributed by atoms with Crippen LogP contribution in [0.5, 0.6) is 5.75 Å². The van der Waals surface area contributed by atoms with Gasteiger partial charge in [0.25, 0.3) is 0 Å². The van der Waals surface area contributed by atoms with Gasteiger partial charge in [0.05, 0.1) is 17.6 Å². The van der Waals surface area contributed by atoms with Crippen LogP contribution in [0.3, 0.4) is 0 Å². The lowest BCUT2D eigenvalue weighted by Crippen LogP contribution is -2.26. The number of fused-ring (bicyclic) bond motifs is 1. The maximum atomic E-state index is 14.1. The third-order valence-electron chi connectivity index (χ3n) is 3.47. The molecule has 0 bridgehead atoms. The quantitative estimate of drug-likeness (QED) is 0.924. The van der Waals surface area contributed by atoms with Crippen LogP contribution in [0.15, 0.2) is 12.1 Å². The highest BCUT2D eigenvalue weighted by Gasteiger charge is 2.30. The first-order valence-electron chi connectivity index (χ1n) is 6.53. The Labute approximate surface area is 116 Å². The highest BCUT2D eigenvalue weighted by atomic mass is 19.1. The summed E-state index contributed by atoms with van der Waals surface area (Å²) < 4.78 is 19.5. The molecule has 1 heterocycles. The van der Waals surface area contributed by atoms with E-state index in [1.54, 1.807) is 0 Å². The molecule has 108 valence electrons. The molecular weight excluding hydrogens is 263 g/mol. The van der Waals surface area contributed by atoms with E-state index in [1.807, 2.05) is 0 Å². The molecule has 2 rings (SSSR count). The van der Waals surface area contributed by atoms with Gasteiger partial charge in [-0.05, 0) is 44.4 Å². The van der Waals surface area contributed by atoms with Crippen molar-refractivity contribution < 1.29 is 23.8 Å². The van der Waals surface area contributed by atoms with Gasteiger partial charge in [0.15, 0.2) is 5.78 Å². The maximum absolute atomic E-state index is 14.1. The number of rotatable bonds is 3. The summed E-state index contributed by atoms with van der Waals surface area (Å²) in [5, 5.41) is 9.11. The van der Waals surface area contributed by atoms with Crippen LogP contribution >= 0.6 is 0 Å². The minimum atomic E-state index is -1.08. The van der Waals surface area contributed by atoms with Crippen molar-refractivity contribution in [2.45, 2.75) is 33.1 Å². The zero-order chi connectivity index (χ0) is 14.9. The fourth-order valence-corrected chi connectivity index (χ4v) is 2.17. The van der Waals surface area contributed by atoms with Crippen molar-refractivity contribution in [1.82, 2.24) is 0 Å². The standard InChI is InChI=1S/C15H17FO4/c1-15(2,14(18)19)8-9-6-13-10(7-11(9)16)12(17)4-3-5-20-13/h6-7H,3-5,8H2,1-2H3,(H,18,19). The van der Waals surface area contributed by atoms with Gasteiger partial charge in [-0.25, -0.2) is 4.39 Å². The average molecular weight is 280 g/mol. The number of hydrogen-bond donors (Lipinski definition) is 1. The van der Waals surface area contributed by atoms with Crippen molar-refractivity contribution >= 4 is 11.8 Å². The summed E-state index contributed by atoms with van der Waals surface area (Å²) in [5.41, 5.74) is -0.577. The van der Waals surface area contributed by atoms with Crippen molar-refractivity contribution in [1.29, 1.82) is 0 Å². The van der Waals surface area contributed by atoms with Gasteiger partial charge in [-0.15, -0.1) is 0 Å². The summed E-state index contributed by atoms with van der Waals surface area (Å²) in [6, 6.07) is 2.62. The molecule has 5 heteroatoms. The van der Waals surface area contributed by atoms with E-state index in [4.69, 9.17) is 9.84 Å². The molecule has 0 saturated heterocycles. The number of carbonyl (C=O) groups excluding carboxylic acids is 1. The van der Waals surface area contributed by atoms with Gasteiger partial charge in [-0.3, -0.25) is 9.59 Å². The molecule has 0 radical (unpaired) electrons. The van der Waals surface area contributed by atoms with Crippen LogP contribution in [0.1, 0.15) is 42.6 Å². The van der Waals surface area contributed by atoms with Crippen molar-refractivity contribution in [3.63, 3.8) is 0 Å². The number of Topliss-reactive ketones (excluding diaryl/α,β-unsaturated/α-hetero) is 1. The highest BCUT2D eigenvalue weighted by molar-refractivity contribution is 5.99. The Morgan fingerprint density at radius 2 is 2.15 bits per heavy atom. The molecule has 1 aliphatic heterocycles. The molecule has 0 unspecified atom stereocenters. The second kappa shape index (κ2) is 5.23. The average Bonchev–Trinajstić information content (AvgIpc) is 2.52. The summed E-state index contributed by atoms with van der Waals surface area (Å²) in [4.78, 5) is 22.9. The van der Waals surface area contributed by atoms with Gasteiger partial charge in [0.2, 0.25) is 0 Å². The Bertz CT molecular complexity index is 563. The SMILES string of the molecule is CC(C)(Cc1cc2c(cc1F)C(=O)CCCO2)C(=O)O. The Morgan fingerprint density at radius 3 is 2.80 bits per heavy atom. The summed E-state index contributed by atoms with van der Waals surface area (Å²) in [6.45, 7) is 3.48. The zero-order valence-corrected chi connectivity index (χ0v) is 11.5. The number of carboxylic acid groups (broad SMARTS) is 1. The molecule has 4 nitrogen and oxygen atoms in total. The zero-order valence-electron chi connectivity index (χ0n) is 11.5. The molecule has 0 saturated carbocycles. The first-order valence-corrected chi connectivity index (χ1v) is 6.53. The van der Waals surface area contributed by atoms with E-state index in [0.29, 0.717) is 25.2 Å². The molecule has 1 N–H and O–H groups in total. The third kappa shape index (κ3) is 2.81. The van der Waals surface area contributed by atoms with Gasteiger partial charge in [0, 0.05) is 6.42 Å². The minimum absolute atomic E-state index is 0.0407. The number of aliphatic carboxylic acids is 1. The molecule has 0 atom stereocenters. The monoisotopic (exact) mass is 280 g/mol. The number of ketones is 1. The first-order chi connectivity index (χ1) is 9.31. The van der Waals surface area contributed by atoms with E-state index >= 15 is 0 Å². The molecular formula is C15H17FO4. The van der Waals surface area contributed by atoms with Gasteiger partial charge < -0.3 is 9.84 Å².